The van der Waals surface area contributed by atoms with Crippen molar-refractivity contribution in [2.45, 2.75) is 37.5 Å². The fourth-order valence-electron chi connectivity index (χ4n) is 4.26. The molecule has 4 rings (SSSR count). The van der Waals surface area contributed by atoms with Crippen LogP contribution in [0, 0.1) is 6.92 Å². The lowest BCUT2D eigenvalue weighted by atomic mass is 9.92. The molecule has 1 amide bonds. The van der Waals surface area contributed by atoms with Crippen LogP contribution in [0.15, 0.2) is 29.2 Å². The maximum absolute atomic E-state index is 13.1. The number of aromatic nitrogens is 2. The van der Waals surface area contributed by atoms with Crippen LogP contribution in [0.3, 0.4) is 0 Å². The monoisotopic (exact) mass is 462 g/mol. The number of piperazine rings is 1. The van der Waals surface area contributed by atoms with E-state index in [1.165, 1.54) is 15.9 Å². The largest absolute Gasteiger partial charge is 0.337 e. The predicted molar refractivity (Wildman–Crippen MR) is 120 cm³/mol. The van der Waals surface area contributed by atoms with Gasteiger partial charge in [-0.25, -0.2) is 8.42 Å². The van der Waals surface area contributed by atoms with Gasteiger partial charge in [-0.1, -0.05) is 17.7 Å². The first-order chi connectivity index (χ1) is 14.8. The normalized spacial score (nSPS) is 17.8. The minimum atomic E-state index is -3.56. The Kier molecular flexibility index (Phi) is 6.23. The highest BCUT2D eigenvalue weighted by Crippen LogP contribution is 2.26. The molecule has 9 heteroatoms. The van der Waals surface area contributed by atoms with E-state index < -0.39 is 10.0 Å². The van der Waals surface area contributed by atoms with Gasteiger partial charge in [-0.05, 0) is 61.9 Å². The van der Waals surface area contributed by atoms with Gasteiger partial charge < -0.3 is 4.90 Å². The molecule has 0 saturated carbocycles. The van der Waals surface area contributed by atoms with Crippen molar-refractivity contribution in [3.8, 4) is 0 Å². The average Bonchev–Trinajstić information content (AvgIpc) is 3.02. The van der Waals surface area contributed by atoms with Crippen molar-refractivity contribution in [3.05, 3.63) is 51.8 Å². The summed E-state index contributed by atoms with van der Waals surface area (Å²) in [7, 11) is -1.81. The number of aryl methyl sites for hydroxylation is 4. The third-order valence-corrected chi connectivity index (χ3v) is 8.44. The first-order valence-electron chi connectivity index (χ1n) is 10.6. The van der Waals surface area contributed by atoms with E-state index in [-0.39, 0.29) is 19.0 Å². The number of fused-ring (bicyclic) bond motifs is 1. The van der Waals surface area contributed by atoms with Crippen LogP contribution < -0.4 is 0 Å². The number of amides is 1. The molecule has 1 saturated heterocycles. The Labute approximate surface area is 188 Å². The molecule has 7 nitrogen and oxygen atoms in total. The molecule has 1 aliphatic carbocycles. The third-order valence-electron chi connectivity index (χ3n) is 6.10. The number of hydrogen-bond acceptors (Lipinski definition) is 4. The number of sulfonamides is 1. The van der Waals surface area contributed by atoms with Gasteiger partial charge in [0.15, 0.2) is 0 Å². The van der Waals surface area contributed by atoms with Gasteiger partial charge in [-0.3, -0.25) is 9.48 Å². The van der Waals surface area contributed by atoms with E-state index in [2.05, 4.69) is 5.10 Å². The third kappa shape index (κ3) is 4.42. The predicted octanol–water partition coefficient (Wildman–Crippen LogP) is 2.81. The van der Waals surface area contributed by atoms with Crippen LogP contribution in [0.1, 0.15) is 35.2 Å². The summed E-state index contributed by atoms with van der Waals surface area (Å²) >= 11 is 6.21. The van der Waals surface area contributed by atoms with Crippen LogP contribution in [0.2, 0.25) is 5.15 Å². The van der Waals surface area contributed by atoms with E-state index in [1.54, 1.807) is 28.8 Å². The molecule has 2 aliphatic rings. The molecular weight excluding hydrogens is 436 g/mol. The molecule has 0 unspecified atom stereocenters. The van der Waals surface area contributed by atoms with E-state index in [0.717, 1.165) is 36.9 Å². The van der Waals surface area contributed by atoms with Crippen LogP contribution in [-0.2, 0) is 34.7 Å². The van der Waals surface area contributed by atoms with Crippen molar-refractivity contribution in [3.63, 3.8) is 0 Å². The summed E-state index contributed by atoms with van der Waals surface area (Å²) < 4.78 is 29.3. The fraction of sp³-hybridized carbons (Fsp3) is 0.455. The van der Waals surface area contributed by atoms with Gasteiger partial charge in [0.25, 0.3) is 0 Å². The quantitative estimate of drug-likeness (QED) is 0.655. The van der Waals surface area contributed by atoms with Crippen molar-refractivity contribution >= 4 is 33.6 Å². The van der Waals surface area contributed by atoms with Gasteiger partial charge >= 0.3 is 0 Å². The van der Waals surface area contributed by atoms with Crippen molar-refractivity contribution < 1.29 is 13.2 Å². The summed E-state index contributed by atoms with van der Waals surface area (Å²) in [6.45, 7) is 3.11. The van der Waals surface area contributed by atoms with Crippen LogP contribution >= 0.6 is 11.6 Å². The first-order valence-corrected chi connectivity index (χ1v) is 12.4. The molecule has 0 radical (unpaired) electrons. The lowest BCUT2D eigenvalue weighted by molar-refractivity contribution is -0.127. The molecule has 31 heavy (non-hydrogen) atoms. The summed E-state index contributed by atoms with van der Waals surface area (Å²) in [5.41, 5.74) is 3.87. The molecule has 1 aliphatic heterocycles. The Hall–Kier alpha value is -2.16. The molecule has 2 heterocycles. The number of carbonyl (C=O) groups is 1. The summed E-state index contributed by atoms with van der Waals surface area (Å²) in [4.78, 5) is 14.6. The van der Waals surface area contributed by atoms with Crippen molar-refractivity contribution in [1.29, 1.82) is 0 Å². The van der Waals surface area contributed by atoms with Crippen LogP contribution in [0.5, 0.6) is 0 Å². The standard InChI is InChI=1S/C22H27ClN4O3S/c1-16-20(22(23)25(2)24-16)9-10-21(28)26-11-13-27(14-12-26)31(29,30)19-8-7-17-5-3-4-6-18(17)15-19/h7-10,15H,3-6,11-14H2,1-2H3/b10-9+. The number of nitrogens with zero attached hydrogens (tertiary/aromatic N) is 4. The summed E-state index contributed by atoms with van der Waals surface area (Å²) in [6, 6.07) is 5.52. The van der Waals surface area contributed by atoms with Gasteiger partial charge in [0.05, 0.1) is 10.6 Å². The Balaban J connectivity index is 1.41. The first kappa shape index (κ1) is 22.0. The molecule has 166 valence electrons. The van der Waals surface area contributed by atoms with Crippen LogP contribution in [0.25, 0.3) is 6.08 Å². The summed E-state index contributed by atoms with van der Waals surface area (Å²) in [6.07, 6.45) is 7.37. The number of benzene rings is 1. The fourth-order valence-corrected chi connectivity index (χ4v) is 5.97. The Morgan fingerprint density at radius 1 is 1.10 bits per heavy atom. The topological polar surface area (TPSA) is 75.5 Å². The maximum Gasteiger partial charge on any atom is 0.246 e. The minimum absolute atomic E-state index is 0.162. The smallest absolute Gasteiger partial charge is 0.246 e. The lowest BCUT2D eigenvalue weighted by Gasteiger charge is -2.33. The van der Waals surface area contributed by atoms with E-state index in [1.807, 2.05) is 19.1 Å². The lowest BCUT2D eigenvalue weighted by Crippen LogP contribution is -2.50. The molecule has 0 bridgehead atoms. The van der Waals surface area contributed by atoms with Crippen LogP contribution in [-0.4, -0.2) is 59.5 Å². The van der Waals surface area contributed by atoms with Crippen molar-refractivity contribution in [2.75, 3.05) is 26.2 Å². The molecule has 2 aromatic rings. The maximum atomic E-state index is 13.1. The number of hydrogen-bond donors (Lipinski definition) is 0. The zero-order valence-corrected chi connectivity index (χ0v) is 19.4. The highest BCUT2D eigenvalue weighted by Gasteiger charge is 2.30. The molecule has 1 fully saturated rings. The Morgan fingerprint density at radius 2 is 1.77 bits per heavy atom. The zero-order valence-electron chi connectivity index (χ0n) is 17.8. The van der Waals surface area contributed by atoms with Crippen LogP contribution in [0.4, 0.5) is 0 Å². The molecular formula is C22H27ClN4O3S. The molecule has 1 aromatic heterocycles. The number of carbonyl (C=O) groups excluding carboxylic acids is 1. The number of rotatable bonds is 4. The van der Waals surface area contributed by atoms with E-state index in [0.29, 0.717) is 28.7 Å². The number of halogens is 1. The molecule has 0 atom stereocenters. The molecule has 0 spiro atoms. The van der Waals surface area contributed by atoms with E-state index in [9.17, 15) is 13.2 Å². The highest BCUT2D eigenvalue weighted by molar-refractivity contribution is 7.89. The second-order valence-corrected chi connectivity index (χ2v) is 10.4. The van der Waals surface area contributed by atoms with Gasteiger partial charge in [0, 0.05) is 44.9 Å². The second-order valence-electron chi connectivity index (χ2n) is 8.11. The van der Waals surface area contributed by atoms with Gasteiger partial charge in [0.1, 0.15) is 5.15 Å². The SMILES string of the molecule is Cc1nn(C)c(Cl)c1/C=C/C(=O)N1CCN(S(=O)(=O)c2ccc3c(c2)CCCC3)CC1. The van der Waals surface area contributed by atoms with Gasteiger partial charge in [-0.2, -0.15) is 9.40 Å². The minimum Gasteiger partial charge on any atom is -0.337 e. The van der Waals surface area contributed by atoms with Gasteiger partial charge in [0.2, 0.25) is 15.9 Å². The van der Waals surface area contributed by atoms with E-state index >= 15 is 0 Å². The zero-order chi connectivity index (χ0) is 22.2. The Bertz CT molecular complexity index is 1130. The summed E-state index contributed by atoms with van der Waals surface area (Å²) in [5, 5.41) is 4.70. The second kappa shape index (κ2) is 8.76. The van der Waals surface area contributed by atoms with Crippen molar-refractivity contribution in [2.24, 2.45) is 7.05 Å². The van der Waals surface area contributed by atoms with Gasteiger partial charge in [-0.15, -0.1) is 0 Å². The van der Waals surface area contributed by atoms with Crippen molar-refractivity contribution in [1.82, 2.24) is 19.0 Å². The highest BCUT2D eigenvalue weighted by atomic mass is 35.5. The Morgan fingerprint density at radius 3 is 2.42 bits per heavy atom. The average molecular weight is 463 g/mol. The summed E-state index contributed by atoms with van der Waals surface area (Å²) in [5.74, 6) is -0.162. The molecule has 0 N–H and O–H groups in total. The molecule has 1 aromatic carbocycles. The van der Waals surface area contributed by atoms with E-state index in [4.69, 9.17) is 11.6 Å².